The van der Waals surface area contributed by atoms with Gasteiger partial charge in [-0.15, -0.1) is 0 Å². The molecule has 1 aromatic rings. The smallest absolute Gasteiger partial charge is 0.128 e. The fraction of sp³-hybridized carbons (Fsp3) is 0.600. The zero-order chi connectivity index (χ0) is 13.0. The van der Waals surface area contributed by atoms with E-state index in [4.69, 9.17) is 11.6 Å². The fourth-order valence-electron chi connectivity index (χ4n) is 3.03. The summed E-state index contributed by atoms with van der Waals surface area (Å²) in [7, 11) is 0. The first-order valence-corrected chi connectivity index (χ1v) is 7.26. The van der Waals surface area contributed by atoms with Crippen LogP contribution in [0.1, 0.15) is 44.1 Å². The van der Waals surface area contributed by atoms with E-state index in [2.05, 4.69) is 12.2 Å². The van der Waals surface area contributed by atoms with E-state index in [1.54, 1.807) is 12.1 Å². The van der Waals surface area contributed by atoms with Gasteiger partial charge in [0.2, 0.25) is 0 Å². The van der Waals surface area contributed by atoms with Crippen molar-refractivity contribution in [2.45, 2.75) is 38.5 Å². The third-order valence-electron chi connectivity index (χ3n) is 3.95. The van der Waals surface area contributed by atoms with Gasteiger partial charge in [0.1, 0.15) is 5.82 Å². The van der Waals surface area contributed by atoms with E-state index < -0.39 is 0 Å². The van der Waals surface area contributed by atoms with Crippen LogP contribution in [-0.4, -0.2) is 13.1 Å². The lowest BCUT2D eigenvalue weighted by molar-refractivity contribution is 0.402. The SMILES string of the molecule is CCNCC(c1c(F)cccc1Cl)C1CCCC1. The summed E-state index contributed by atoms with van der Waals surface area (Å²) in [6, 6.07) is 5.00. The minimum absolute atomic E-state index is 0.155. The molecule has 0 aromatic heterocycles. The van der Waals surface area contributed by atoms with Crippen LogP contribution < -0.4 is 5.32 Å². The van der Waals surface area contributed by atoms with Gasteiger partial charge in [-0.25, -0.2) is 4.39 Å². The Balaban J connectivity index is 2.26. The first-order valence-electron chi connectivity index (χ1n) is 6.88. The van der Waals surface area contributed by atoms with Crippen molar-refractivity contribution < 1.29 is 4.39 Å². The summed E-state index contributed by atoms with van der Waals surface area (Å²) in [5, 5.41) is 3.93. The average Bonchev–Trinajstić information content (AvgIpc) is 2.86. The number of hydrogen-bond donors (Lipinski definition) is 1. The number of hydrogen-bond acceptors (Lipinski definition) is 1. The van der Waals surface area contributed by atoms with Gasteiger partial charge in [-0.05, 0) is 37.4 Å². The molecule has 0 aliphatic heterocycles. The summed E-state index contributed by atoms with van der Waals surface area (Å²) < 4.78 is 14.1. The van der Waals surface area contributed by atoms with Crippen molar-refractivity contribution in [1.29, 1.82) is 0 Å². The second-order valence-electron chi connectivity index (χ2n) is 5.09. The molecule has 0 heterocycles. The van der Waals surface area contributed by atoms with E-state index in [0.29, 0.717) is 16.5 Å². The maximum absolute atomic E-state index is 14.1. The van der Waals surface area contributed by atoms with Gasteiger partial charge in [0.05, 0.1) is 0 Å². The highest BCUT2D eigenvalue weighted by Crippen LogP contribution is 2.40. The van der Waals surface area contributed by atoms with Crippen molar-refractivity contribution in [2.24, 2.45) is 5.92 Å². The summed E-state index contributed by atoms with van der Waals surface area (Å²) in [6.45, 7) is 3.81. The molecule has 3 heteroatoms. The van der Waals surface area contributed by atoms with E-state index in [-0.39, 0.29) is 11.7 Å². The van der Waals surface area contributed by atoms with E-state index >= 15 is 0 Å². The third-order valence-corrected chi connectivity index (χ3v) is 4.28. The topological polar surface area (TPSA) is 12.0 Å². The van der Waals surface area contributed by atoms with Gasteiger partial charge in [-0.3, -0.25) is 0 Å². The first-order chi connectivity index (χ1) is 8.74. The number of rotatable bonds is 5. The Bertz CT molecular complexity index is 368. The quantitative estimate of drug-likeness (QED) is 0.837. The van der Waals surface area contributed by atoms with Crippen LogP contribution in [0.15, 0.2) is 18.2 Å². The van der Waals surface area contributed by atoms with Crippen molar-refractivity contribution in [3.8, 4) is 0 Å². The zero-order valence-electron chi connectivity index (χ0n) is 10.9. The van der Waals surface area contributed by atoms with Crippen molar-refractivity contribution in [3.05, 3.63) is 34.6 Å². The summed E-state index contributed by atoms with van der Waals surface area (Å²) in [5.74, 6) is 0.622. The molecular formula is C15H21ClFN. The van der Waals surface area contributed by atoms with Crippen molar-refractivity contribution >= 4 is 11.6 Å². The molecule has 0 spiro atoms. The molecule has 1 saturated carbocycles. The summed E-state index contributed by atoms with van der Waals surface area (Å²) in [4.78, 5) is 0. The van der Waals surface area contributed by atoms with Gasteiger partial charge in [0.15, 0.2) is 0 Å². The molecule has 1 N–H and O–H groups in total. The lowest BCUT2D eigenvalue weighted by Gasteiger charge is -2.25. The number of nitrogens with one attached hydrogen (secondary N) is 1. The highest BCUT2D eigenvalue weighted by Gasteiger charge is 2.29. The lowest BCUT2D eigenvalue weighted by Crippen LogP contribution is -2.26. The maximum atomic E-state index is 14.1. The van der Waals surface area contributed by atoms with Crippen LogP contribution in [-0.2, 0) is 0 Å². The van der Waals surface area contributed by atoms with Crippen LogP contribution in [0.3, 0.4) is 0 Å². The molecule has 1 fully saturated rings. The van der Waals surface area contributed by atoms with E-state index in [1.165, 1.54) is 31.7 Å². The van der Waals surface area contributed by atoms with E-state index in [9.17, 15) is 4.39 Å². The van der Waals surface area contributed by atoms with Crippen LogP contribution in [0.25, 0.3) is 0 Å². The Morgan fingerprint density at radius 2 is 2.11 bits per heavy atom. The average molecular weight is 270 g/mol. The van der Waals surface area contributed by atoms with Gasteiger partial charge in [-0.1, -0.05) is 37.4 Å². The second kappa shape index (κ2) is 6.53. The highest BCUT2D eigenvalue weighted by molar-refractivity contribution is 6.31. The molecule has 0 amide bonds. The largest absolute Gasteiger partial charge is 0.316 e. The van der Waals surface area contributed by atoms with Gasteiger partial charge < -0.3 is 5.32 Å². The molecule has 18 heavy (non-hydrogen) atoms. The normalized spacial score (nSPS) is 18.2. The maximum Gasteiger partial charge on any atom is 0.128 e. The van der Waals surface area contributed by atoms with Crippen LogP contribution in [0.2, 0.25) is 5.02 Å². The van der Waals surface area contributed by atoms with Crippen LogP contribution in [0.4, 0.5) is 4.39 Å². The molecule has 1 aliphatic rings. The molecular weight excluding hydrogens is 249 g/mol. The fourth-order valence-corrected chi connectivity index (χ4v) is 3.33. The zero-order valence-corrected chi connectivity index (χ0v) is 11.6. The Morgan fingerprint density at radius 1 is 1.39 bits per heavy atom. The molecule has 1 nitrogen and oxygen atoms in total. The summed E-state index contributed by atoms with van der Waals surface area (Å²) >= 11 is 6.21. The van der Waals surface area contributed by atoms with Gasteiger partial charge in [0.25, 0.3) is 0 Å². The molecule has 1 aliphatic carbocycles. The summed E-state index contributed by atoms with van der Waals surface area (Å²) in [6.07, 6.45) is 4.92. The molecule has 2 rings (SSSR count). The lowest BCUT2D eigenvalue weighted by atomic mass is 9.84. The predicted octanol–water partition coefficient (Wildman–Crippen LogP) is 4.36. The van der Waals surface area contributed by atoms with Crippen molar-refractivity contribution in [3.63, 3.8) is 0 Å². The first kappa shape index (κ1) is 13.8. The second-order valence-corrected chi connectivity index (χ2v) is 5.50. The van der Waals surface area contributed by atoms with Crippen molar-refractivity contribution in [2.75, 3.05) is 13.1 Å². The van der Waals surface area contributed by atoms with Crippen molar-refractivity contribution in [1.82, 2.24) is 5.32 Å². The Hall–Kier alpha value is -0.600. The van der Waals surface area contributed by atoms with Gasteiger partial charge >= 0.3 is 0 Å². The molecule has 0 bridgehead atoms. The Kier molecular flexibility index (Phi) is 5.02. The minimum atomic E-state index is -0.155. The van der Waals surface area contributed by atoms with Crippen LogP contribution >= 0.6 is 11.6 Å². The Morgan fingerprint density at radius 3 is 2.72 bits per heavy atom. The molecule has 0 saturated heterocycles. The standard InChI is InChI=1S/C15H21ClFN/c1-2-18-10-12(11-6-3-4-7-11)15-13(16)8-5-9-14(15)17/h5,8-9,11-12,18H,2-4,6-7,10H2,1H3. The monoisotopic (exact) mass is 269 g/mol. The third kappa shape index (κ3) is 3.04. The highest BCUT2D eigenvalue weighted by atomic mass is 35.5. The molecule has 1 atom stereocenters. The van der Waals surface area contributed by atoms with Crippen LogP contribution in [0, 0.1) is 11.7 Å². The number of benzene rings is 1. The summed E-state index contributed by atoms with van der Waals surface area (Å²) in [5.41, 5.74) is 0.715. The van der Waals surface area contributed by atoms with Gasteiger partial charge in [0, 0.05) is 23.0 Å². The predicted molar refractivity (Wildman–Crippen MR) is 74.7 cm³/mol. The number of halogens is 2. The van der Waals surface area contributed by atoms with E-state index in [1.807, 2.05) is 0 Å². The van der Waals surface area contributed by atoms with Crippen LogP contribution in [0.5, 0.6) is 0 Å². The minimum Gasteiger partial charge on any atom is -0.316 e. The molecule has 100 valence electrons. The number of likely N-dealkylation sites (N-methyl/N-ethyl adjacent to an activating group) is 1. The van der Waals surface area contributed by atoms with E-state index in [0.717, 1.165) is 13.1 Å². The molecule has 1 unspecified atom stereocenters. The van der Waals surface area contributed by atoms with Gasteiger partial charge in [-0.2, -0.15) is 0 Å². The molecule has 1 aromatic carbocycles. The molecule has 0 radical (unpaired) electrons. The Labute approximate surface area is 114 Å².